The summed E-state index contributed by atoms with van der Waals surface area (Å²) in [6.07, 6.45) is -2.32. The lowest BCUT2D eigenvalue weighted by Crippen LogP contribution is -2.45. The molecule has 2 fully saturated rings. The van der Waals surface area contributed by atoms with Crippen molar-refractivity contribution in [1.29, 1.82) is 0 Å². The highest BCUT2D eigenvalue weighted by molar-refractivity contribution is 5.84. The molecule has 2 aliphatic rings. The summed E-state index contributed by atoms with van der Waals surface area (Å²) < 4.78 is 54.6. The first-order valence-corrected chi connectivity index (χ1v) is 10.9. The molecule has 2 aromatic carbocycles. The fraction of sp³-hybridized carbons (Fsp3) is 0.435. The Morgan fingerprint density at radius 3 is 2.70 bits per heavy atom. The topological polar surface area (TPSA) is 90.8 Å². The molecule has 2 aliphatic heterocycles. The number of aliphatic hydroxyl groups excluding tert-OH is 2. The van der Waals surface area contributed by atoms with E-state index in [4.69, 9.17) is 14.6 Å². The molecular formula is C23H24F3N3O4. The lowest BCUT2D eigenvalue weighted by atomic mass is 10.0. The molecule has 176 valence electrons. The van der Waals surface area contributed by atoms with E-state index in [-0.39, 0.29) is 42.2 Å². The van der Waals surface area contributed by atoms with Crippen molar-refractivity contribution < 1.29 is 32.9 Å². The van der Waals surface area contributed by atoms with Crippen LogP contribution in [0.1, 0.15) is 12.8 Å². The molecule has 2 saturated heterocycles. The number of ether oxygens (including phenoxy) is 2. The number of aromatic nitrogens is 2. The molecule has 0 radical (unpaired) electrons. The third kappa shape index (κ3) is 4.25. The van der Waals surface area contributed by atoms with Crippen LogP contribution in [-0.2, 0) is 4.74 Å². The van der Waals surface area contributed by atoms with Crippen molar-refractivity contribution >= 4 is 16.7 Å². The number of aromatic amines is 1. The van der Waals surface area contributed by atoms with Gasteiger partial charge in [-0.1, -0.05) is 12.1 Å². The van der Waals surface area contributed by atoms with Crippen molar-refractivity contribution in [3.8, 4) is 17.1 Å². The summed E-state index contributed by atoms with van der Waals surface area (Å²) in [5, 5.41) is 19.1. The van der Waals surface area contributed by atoms with E-state index in [0.717, 1.165) is 11.8 Å². The van der Waals surface area contributed by atoms with E-state index in [1.54, 1.807) is 24.3 Å². The first kappa shape index (κ1) is 22.0. The maximum Gasteiger partial charge on any atom is 0.295 e. The number of rotatable bonds is 5. The Bertz CT molecular complexity index is 1140. The van der Waals surface area contributed by atoms with Gasteiger partial charge in [0.05, 0.1) is 30.4 Å². The Morgan fingerprint density at radius 2 is 2.03 bits per heavy atom. The molecule has 3 heterocycles. The van der Waals surface area contributed by atoms with E-state index < -0.39 is 36.1 Å². The molecule has 0 bridgehead atoms. The van der Waals surface area contributed by atoms with Gasteiger partial charge in [-0.2, -0.15) is 4.98 Å². The van der Waals surface area contributed by atoms with Crippen molar-refractivity contribution in [2.75, 3.05) is 31.2 Å². The van der Waals surface area contributed by atoms with Crippen LogP contribution in [0.5, 0.6) is 6.01 Å². The highest BCUT2D eigenvalue weighted by atomic mass is 19.1. The van der Waals surface area contributed by atoms with Gasteiger partial charge >= 0.3 is 0 Å². The van der Waals surface area contributed by atoms with Gasteiger partial charge in [0, 0.05) is 31.3 Å². The van der Waals surface area contributed by atoms with E-state index in [0.29, 0.717) is 25.1 Å². The van der Waals surface area contributed by atoms with Gasteiger partial charge in [-0.05, 0) is 24.1 Å². The number of nitrogens with zero attached hydrogens (tertiary/aromatic N) is 2. The van der Waals surface area contributed by atoms with E-state index >= 15 is 4.39 Å². The second kappa shape index (κ2) is 8.85. The molecule has 0 spiro atoms. The highest BCUT2D eigenvalue weighted by Crippen LogP contribution is 2.34. The minimum Gasteiger partial charge on any atom is -0.459 e. The number of fused-ring (bicyclic) bond motifs is 1. The lowest BCUT2D eigenvalue weighted by Gasteiger charge is -2.31. The molecule has 33 heavy (non-hydrogen) atoms. The Kier molecular flexibility index (Phi) is 5.90. The largest absolute Gasteiger partial charge is 0.459 e. The number of anilines is 1. The van der Waals surface area contributed by atoms with Gasteiger partial charge in [-0.3, -0.25) is 0 Å². The Morgan fingerprint density at radius 1 is 1.24 bits per heavy atom. The first-order valence-electron chi connectivity index (χ1n) is 10.9. The maximum absolute atomic E-state index is 15.3. The van der Waals surface area contributed by atoms with Gasteiger partial charge in [0.1, 0.15) is 29.7 Å². The van der Waals surface area contributed by atoms with Crippen molar-refractivity contribution in [3.63, 3.8) is 0 Å². The van der Waals surface area contributed by atoms with Crippen LogP contribution in [0.15, 0.2) is 30.3 Å². The zero-order valence-corrected chi connectivity index (χ0v) is 17.7. The fourth-order valence-corrected chi connectivity index (χ4v) is 4.42. The maximum atomic E-state index is 15.3. The standard InChI is InChI=1S/C23H24F3N3O4/c24-13-5-6-29(9-13)14-3-1-12(2-4-14)20-16(25)8-17-22(21(20)26)28-23(27-17)33-15-7-18(31)19(10-30)32-11-15/h1-4,8,13,15,18-19,30-31H,5-7,9-11H2,(H,27,28)/t13-,15+,18-,19+/m0/s1. The van der Waals surface area contributed by atoms with Crippen LogP contribution in [0.25, 0.3) is 22.2 Å². The monoisotopic (exact) mass is 463 g/mol. The van der Waals surface area contributed by atoms with Gasteiger partial charge in [-0.25, -0.2) is 13.2 Å². The minimum absolute atomic E-state index is 0.0196. The molecule has 1 aromatic heterocycles. The molecular weight excluding hydrogens is 439 g/mol. The number of aliphatic hydroxyl groups is 2. The average molecular weight is 463 g/mol. The SMILES string of the molecule is OC[C@H]1OC[C@H](Oc2nc3c(F)c(-c4ccc(N5CC[C@H](F)C5)cc4)c(F)cc3[nH]2)C[C@@H]1O. The summed E-state index contributed by atoms with van der Waals surface area (Å²) >= 11 is 0. The van der Waals surface area contributed by atoms with Crippen LogP contribution >= 0.6 is 0 Å². The van der Waals surface area contributed by atoms with Crippen molar-refractivity contribution in [3.05, 3.63) is 42.0 Å². The molecule has 5 rings (SSSR count). The molecule has 10 heteroatoms. The number of hydrogen-bond acceptors (Lipinski definition) is 6. The zero-order chi connectivity index (χ0) is 23.1. The number of nitrogens with one attached hydrogen (secondary N) is 1. The predicted octanol–water partition coefficient (Wildman–Crippen LogP) is 2.95. The Labute approximate surface area is 187 Å². The van der Waals surface area contributed by atoms with E-state index in [1.165, 1.54) is 0 Å². The van der Waals surface area contributed by atoms with E-state index in [1.807, 2.05) is 4.90 Å². The third-order valence-corrected chi connectivity index (χ3v) is 6.19. The van der Waals surface area contributed by atoms with E-state index in [9.17, 15) is 13.9 Å². The summed E-state index contributed by atoms with van der Waals surface area (Å²) in [4.78, 5) is 8.78. The van der Waals surface area contributed by atoms with Crippen LogP contribution in [0.4, 0.5) is 18.9 Å². The molecule has 3 N–H and O–H groups in total. The third-order valence-electron chi connectivity index (χ3n) is 6.19. The molecule has 0 amide bonds. The Balaban J connectivity index is 1.38. The first-order chi connectivity index (χ1) is 15.9. The number of H-pyrrole nitrogens is 1. The fourth-order valence-electron chi connectivity index (χ4n) is 4.42. The number of benzene rings is 2. The molecule has 3 aromatic rings. The van der Waals surface area contributed by atoms with Crippen LogP contribution < -0.4 is 9.64 Å². The quantitative estimate of drug-likeness (QED) is 0.539. The number of hydrogen-bond donors (Lipinski definition) is 3. The van der Waals surface area contributed by atoms with Crippen LogP contribution in [0, 0.1) is 11.6 Å². The normalized spacial score (nSPS) is 25.7. The molecule has 4 atom stereocenters. The second-order valence-corrected chi connectivity index (χ2v) is 8.46. The lowest BCUT2D eigenvalue weighted by molar-refractivity contribution is -0.131. The zero-order valence-electron chi connectivity index (χ0n) is 17.7. The highest BCUT2D eigenvalue weighted by Gasteiger charge is 2.31. The summed E-state index contributed by atoms with van der Waals surface area (Å²) in [7, 11) is 0. The minimum atomic E-state index is -0.904. The van der Waals surface area contributed by atoms with Gasteiger partial charge in [-0.15, -0.1) is 0 Å². The number of alkyl halides is 1. The summed E-state index contributed by atoms with van der Waals surface area (Å²) in [5.74, 6) is -1.58. The smallest absolute Gasteiger partial charge is 0.295 e. The predicted molar refractivity (Wildman–Crippen MR) is 115 cm³/mol. The Hall–Kier alpha value is -2.82. The van der Waals surface area contributed by atoms with Crippen LogP contribution in [0.2, 0.25) is 0 Å². The number of halogens is 3. The molecule has 0 saturated carbocycles. The van der Waals surface area contributed by atoms with Gasteiger partial charge in [0.25, 0.3) is 6.01 Å². The summed E-state index contributed by atoms with van der Waals surface area (Å²) in [6.45, 7) is 0.734. The molecule has 7 nitrogen and oxygen atoms in total. The van der Waals surface area contributed by atoms with Gasteiger partial charge in [0.2, 0.25) is 0 Å². The molecule has 0 unspecified atom stereocenters. The summed E-state index contributed by atoms with van der Waals surface area (Å²) in [5.41, 5.74) is 0.999. The van der Waals surface area contributed by atoms with Crippen LogP contribution in [0.3, 0.4) is 0 Å². The molecule has 0 aliphatic carbocycles. The van der Waals surface area contributed by atoms with Gasteiger partial charge < -0.3 is 29.6 Å². The van der Waals surface area contributed by atoms with E-state index in [2.05, 4.69) is 9.97 Å². The van der Waals surface area contributed by atoms with Gasteiger partial charge in [0.15, 0.2) is 5.82 Å². The average Bonchev–Trinajstić information content (AvgIpc) is 3.40. The summed E-state index contributed by atoms with van der Waals surface area (Å²) in [6, 6.07) is 7.80. The van der Waals surface area contributed by atoms with Crippen molar-refractivity contribution in [2.24, 2.45) is 0 Å². The second-order valence-electron chi connectivity index (χ2n) is 8.46. The van der Waals surface area contributed by atoms with Crippen molar-refractivity contribution in [2.45, 2.75) is 37.3 Å². The number of imidazole rings is 1. The van der Waals surface area contributed by atoms with Crippen LogP contribution in [-0.4, -0.2) is 71.0 Å². The van der Waals surface area contributed by atoms with Crippen molar-refractivity contribution in [1.82, 2.24) is 9.97 Å².